The van der Waals surface area contributed by atoms with Crippen LogP contribution in [-0.2, 0) is 17.1 Å². The van der Waals surface area contributed by atoms with Crippen molar-refractivity contribution in [1.29, 1.82) is 0 Å². The minimum atomic E-state index is -2.88. The van der Waals surface area contributed by atoms with Crippen LogP contribution in [0.1, 0.15) is 43.0 Å². The van der Waals surface area contributed by atoms with E-state index in [0.717, 1.165) is 11.1 Å². The molecule has 0 bridgehead atoms. The first-order valence-corrected chi connectivity index (χ1v) is 12.4. The van der Waals surface area contributed by atoms with Gasteiger partial charge in [-0.1, -0.05) is 61.0 Å². The number of nitrogens with one attached hydrogen (secondary N) is 2. The van der Waals surface area contributed by atoms with Gasteiger partial charge in [0.2, 0.25) is 5.91 Å². The largest absolute Gasteiger partial charge is 0.362 e. The standard InChI is InChI=1S/C29H26ClF3N4O/c1-3-29(32,33)21-8-4-19(5-9-21)16-26(38)37-23-11-6-20(7-12-23)27-28(35-15-14-34-27)36-18(2)24-13-10-22(31)17-25(24)30/h4-15,17-18H,3,16H2,1-2H3,(H,35,36)(H,37,38)/t18-/m0/s1. The lowest BCUT2D eigenvalue weighted by Crippen LogP contribution is -2.15. The second-order valence-corrected chi connectivity index (χ2v) is 9.25. The van der Waals surface area contributed by atoms with Crippen LogP contribution in [0, 0.1) is 5.82 Å². The molecule has 0 aliphatic rings. The molecule has 38 heavy (non-hydrogen) atoms. The van der Waals surface area contributed by atoms with E-state index in [1.165, 1.54) is 31.2 Å². The van der Waals surface area contributed by atoms with Crippen LogP contribution in [0.25, 0.3) is 11.3 Å². The number of alkyl halides is 2. The normalized spacial score (nSPS) is 12.2. The van der Waals surface area contributed by atoms with E-state index in [9.17, 15) is 18.0 Å². The van der Waals surface area contributed by atoms with Gasteiger partial charge in [-0.25, -0.2) is 18.2 Å². The molecule has 9 heteroatoms. The van der Waals surface area contributed by atoms with Gasteiger partial charge in [0.25, 0.3) is 5.92 Å². The van der Waals surface area contributed by atoms with Crippen molar-refractivity contribution in [3.8, 4) is 11.3 Å². The molecule has 0 fully saturated rings. The molecule has 1 aromatic heterocycles. The van der Waals surface area contributed by atoms with Gasteiger partial charge < -0.3 is 10.6 Å². The van der Waals surface area contributed by atoms with Gasteiger partial charge >= 0.3 is 0 Å². The number of carbonyl (C=O) groups excluding carboxylic acids is 1. The second-order valence-electron chi connectivity index (χ2n) is 8.84. The van der Waals surface area contributed by atoms with E-state index in [-0.39, 0.29) is 30.4 Å². The molecule has 0 radical (unpaired) electrons. The van der Waals surface area contributed by atoms with Crippen molar-refractivity contribution in [2.75, 3.05) is 10.6 Å². The Balaban J connectivity index is 1.42. The molecule has 0 unspecified atom stereocenters. The Hall–Kier alpha value is -3.91. The predicted octanol–water partition coefficient (Wildman–Crippen LogP) is 7.79. The Morgan fingerprint density at radius 3 is 2.34 bits per heavy atom. The maximum atomic E-state index is 13.8. The number of hydrogen-bond donors (Lipinski definition) is 2. The third kappa shape index (κ3) is 6.50. The van der Waals surface area contributed by atoms with E-state index in [0.29, 0.717) is 27.8 Å². The fourth-order valence-electron chi connectivity index (χ4n) is 3.96. The van der Waals surface area contributed by atoms with E-state index in [4.69, 9.17) is 11.6 Å². The second kappa shape index (κ2) is 11.6. The molecule has 0 saturated heterocycles. The van der Waals surface area contributed by atoms with Crippen LogP contribution < -0.4 is 10.6 Å². The summed E-state index contributed by atoms with van der Waals surface area (Å²) in [5.41, 5.74) is 3.24. The van der Waals surface area contributed by atoms with Gasteiger partial charge in [0.15, 0.2) is 5.82 Å². The molecule has 4 aromatic rings. The monoisotopic (exact) mass is 538 g/mol. The third-order valence-electron chi connectivity index (χ3n) is 6.11. The first-order chi connectivity index (χ1) is 18.2. The minimum absolute atomic E-state index is 0.0573. The average molecular weight is 539 g/mol. The van der Waals surface area contributed by atoms with Crippen molar-refractivity contribution in [3.63, 3.8) is 0 Å². The number of halogens is 4. The summed E-state index contributed by atoms with van der Waals surface area (Å²) in [6.45, 7) is 3.32. The summed E-state index contributed by atoms with van der Waals surface area (Å²) in [4.78, 5) is 21.4. The van der Waals surface area contributed by atoms with Gasteiger partial charge in [-0.3, -0.25) is 9.78 Å². The van der Waals surface area contributed by atoms with Crippen molar-refractivity contribution in [2.45, 2.75) is 38.7 Å². The number of benzene rings is 3. The Bertz CT molecular complexity index is 1410. The van der Waals surface area contributed by atoms with Crippen LogP contribution in [0.5, 0.6) is 0 Å². The summed E-state index contributed by atoms with van der Waals surface area (Å²) in [7, 11) is 0. The number of amides is 1. The Morgan fingerprint density at radius 2 is 1.68 bits per heavy atom. The molecule has 4 rings (SSSR count). The highest BCUT2D eigenvalue weighted by atomic mass is 35.5. The minimum Gasteiger partial charge on any atom is -0.362 e. The van der Waals surface area contributed by atoms with Gasteiger partial charge in [0, 0.05) is 40.7 Å². The summed E-state index contributed by atoms with van der Waals surface area (Å²) < 4.78 is 41.0. The fourth-order valence-corrected chi connectivity index (χ4v) is 4.29. The average Bonchev–Trinajstić information content (AvgIpc) is 2.89. The molecule has 2 N–H and O–H groups in total. The molecule has 1 atom stereocenters. The fraction of sp³-hybridized carbons (Fsp3) is 0.207. The number of nitrogens with zero attached hydrogens (tertiary/aromatic N) is 2. The molecule has 1 amide bonds. The van der Waals surface area contributed by atoms with Crippen molar-refractivity contribution in [2.24, 2.45) is 0 Å². The van der Waals surface area contributed by atoms with E-state index >= 15 is 0 Å². The first kappa shape index (κ1) is 27.1. The van der Waals surface area contributed by atoms with Crippen molar-refractivity contribution < 1.29 is 18.0 Å². The number of anilines is 2. The van der Waals surface area contributed by atoms with E-state index in [1.807, 2.05) is 19.1 Å². The van der Waals surface area contributed by atoms with E-state index in [2.05, 4.69) is 20.6 Å². The van der Waals surface area contributed by atoms with Crippen molar-refractivity contribution in [3.05, 3.63) is 107 Å². The molecule has 1 heterocycles. The van der Waals surface area contributed by atoms with Crippen LogP contribution in [0.4, 0.5) is 24.7 Å². The zero-order valence-electron chi connectivity index (χ0n) is 20.8. The predicted molar refractivity (Wildman–Crippen MR) is 144 cm³/mol. The number of carbonyl (C=O) groups is 1. The zero-order chi connectivity index (χ0) is 27.3. The van der Waals surface area contributed by atoms with Crippen LogP contribution in [0.2, 0.25) is 5.02 Å². The maximum Gasteiger partial charge on any atom is 0.273 e. The summed E-state index contributed by atoms with van der Waals surface area (Å²) in [5, 5.41) is 6.41. The molecule has 3 aromatic carbocycles. The summed E-state index contributed by atoms with van der Waals surface area (Å²) in [6, 6.07) is 16.9. The molecule has 196 valence electrons. The zero-order valence-corrected chi connectivity index (χ0v) is 21.6. The molecular weight excluding hydrogens is 513 g/mol. The summed E-state index contributed by atoms with van der Waals surface area (Å²) in [6.07, 6.45) is 2.92. The van der Waals surface area contributed by atoms with Crippen molar-refractivity contribution >= 4 is 29.0 Å². The lowest BCUT2D eigenvalue weighted by molar-refractivity contribution is -0.115. The Kier molecular flexibility index (Phi) is 8.32. The van der Waals surface area contributed by atoms with Crippen LogP contribution >= 0.6 is 11.6 Å². The maximum absolute atomic E-state index is 13.8. The third-order valence-corrected chi connectivity index (χ3v) is 6.43. The highest BCUT2D eigenvalue weighted by Crippen LogP contribution is 2.32. The molecule has 0 saturated carbocycles. The van der Waals surface area contributed by atoms with E-state index < -0.39 is 11.7 Å². The highest BCUT2D eigenvalue weighted by molar-refractivity contribution is 6.31. The summed E-state index contributed by atoms with van der Waals surface area (Å²) >= 11 is 6.21. The van der Waals surface area contributed by atoms with Crippen LogP contribution in [-0.4, -0.2) is 15.9 Å². The Labute approximate surface area is 224 Å². The lowest BCUT2D eigenvalue weighted by Gasteiger charge is -2.18. The molecule has 0 spiro atoms. The number of aromatic nitrogens is 2. The first-order valence-electron chi connectivity index (χ1n) is 12.1. The van der Waals surface area contributed by atoms with Gasteiger partial charge in [-0.05, 0) is 42.3 Å². The van der Waals surface area contributed by atoms with Gasteiger partial charge in [-0.15, -0.1) is 0 Å². The van der Waals surface area contributed by atoms with Gasteiger partial charge in [0.05, 0.1) is 12.5 Å². The number of hydrogen-bond acceptors (Lipinski definition) is 4. The highest BCUT2D eigenvalue weighted by Gasteiger charge is 2.28. The Morgan fingerprint density at radius 1 is 1.00 bits per heavy atom. The quantitative estimate of drug-likeness (QED) is 0.228. The van der Waals surface area contributed by atoms with Crippen molar-refractivity contribution in [1.82, 2.24) is 9.97 Å². The van der Waals surface area contributed by atoms with Crippen LogP contribution in [0.3, 0.4) is 0 Å². The lowest BCUT2D eigenvalue weighted by atomic mass is 10.0. The van der Waals surface area contributed by atoms with Crippen LogP contribution in [0.15, 0.2) is 79.1 Å². The van der Waals surface area contributed by atoms with Gasteiger partial charge in [0.1, 0.15) is 11.5 Å². The number of rotatable bonds is 9. The SMILES string of the molecule is CCC(F)(F)c1ccc(CC(=O)Nc2ccc(-c3nccnc3N[C@@H](C)c3ccc(F)cc3Cl)cc2)cc1. The summed E-state index contributed by atoms with van der Waals surface area (Å²) in [5.74, 6) is -3.03. The van der Waals surface area contributed by atoms with E-state index in [1.54, 1.807) is 42.7 Å². The smallest absolute Gasteiger partial charge is 0.273 e. The molecule has 5 nitrogen and oxygen atoms in total. The molecule has 0 aliphatic heterocycles. The molecular formula is C29H26ClF3N4O. The van der Waals surface area contributed by atoms with Gasteiger partial charge in [-0.2, -0.15) is 0 Å². The molecule has 0 aliphatic carbocycles. The topological polar surface area (TPSA) is 66.9 Å².